The third kappa shape index (κ3) is 1.63. The molecule has 1 heterocycles. The Morgan fingerprint density at radius 2 is 2.45 bits per heavy atom. The molecule has 1 atom stereocenters. The zero-order valence-corrected chi connectivity index (χ0v) is 6.59. The molecule has 0 spiro atoms. The number of hydrogen-bond donors (Lipinski definition) is 2. The molecule has 1 aliphatic carbocycles. The lowest BCUT2D eigenvalue weighted by molar-refractivity contribution is 0.586. The van der Waals surface area contributed by atoms with Gasteiger partial charge in [-0.1, -0.05) is 12.8 Å². The fourth-order valence-corrected chi connectivity index (χ4v) is 1.41. The standard InChI is InChI=1S/C9H14N2/c10-8(6-7-3-4-7)9-2-1-5-11-9/h1-2,5,7-8,11H,3-4,6,10H2/t8-/m0/s1. The predicted octanol–water partition coefficient (Wildman–Crippen LogP) is 1.81. The molecule has 1 aromatic rings. The van der Waals surface area contributed by atoms with E-state index in [1.165, 1.54) is 18.5 Å². The zero-order chi connectivity index (χ0) is 7.68. The lowest BCUT2D eigenvalue weighted by atomic mass is 10.1. The third-order valence-corrected chi connectivity index (χ3v) is 2.31. The van der Waals surface area contributed by atoms with Crippen LogP contribution in [0.3, 0.4) is 0 Å². The van der Waals surface area contributed by atoms with Gasteiger partial charge in [-0.25, -0.2) is 0 Å². The highest BCUT2D eigenvalue weighted by Gasteiger charge is 2.24. The highest BCUT2D eigenvalue weighted by molar-refractivity contribution is 5.08. The minimum atomic E-state index is 0.234. The number of rotatable bonds is 3. The molecule has 1 saturated carbocycles. The second-order valence-corrected chi connectivity index (χ2v) is 3.41. The number of aromatic nitrogens is 1. The lowest BCUT2D eigenvalue weighted by Gasteiger charge is -2.07. The van der Waals surface area contributed by atoms with Crippen molar-refractivity contribution in [1.29, 1.82) is 0 Å². The van der Waals surface area contributed by atoms with Crippen molar-refractivity contribution >= 4 is 0 Å². The summed E-state index contributed by atoms with van der Waals surface area (Å²) in [6.07, 6.45) is 5.85. The summed E-state index contributed by atoms with van der Waals surface area (Å²) in [4.78, 5) is 3.15. The summed E-state index contributed by atoms with van der Waals surface area (Å²) in [5.74, 6) is 0.910. The van der Waals surface area contributed by atoms with E-state index in [-0.39, 0.29) is 6.04 Å². The molecule has 0 radical (unpaired) electrons. The van der Waals surface area contributed by atoms with Gasteiger partial charge in [-0.15, -0.1) is 0 Å². The van der Waals surface area contributed by atoms with Crippen molar-refractivity contribution in [2.45, 2.75) is 25.3 Å². The largest absolute Gasteiger partial charge is 0.364 e. The number of aromatic amines is 1. The summed E-state index contributed by atoms with van der Waals surface area (Å²) < 4.78 is 0. The molecule has 1 aliphatic rings. The van der Waals surface area contributed by atoms with Crippen LogP contribution in [0, 0.1) is 5.92 Å². The van der Waals surface area contributed by atoms with Crippen molar-refractivity contribution in [2.24, 2.45) is 11.7 Å². The van der Waals surface area contributed by atoms with Gasteiger partial charge in [0.25, 0.3) is 0 Å². The van der Waals surface area contributed by atoms with E-state index in [9.17, 15) is 0 Å². The van der Waals surface area contributed by atoms with Gasteiger partial charge in [-0.3, -0.25) is 0 Å². The molecule has 60 valence electrons. The molecule has 2 heteroatoms. The number of hydrogen-bond acceptors (Lipinski definition) is 1. The minimum absolute atomic E-state index is 0.234. The van der Waals surface area contributed by atoms with Crippen molar-refractivity contribution in [3.63, 3.8) is 0 Å². The maximum Gasteiger partial charge on any atom is 0.0450 e. The number of nitrogens with one attached hydrogen (secondary N) is 1. The van der Waals surface area contributed by atoms with Gasteiger partial charge in [0, 0.05) is 17.9 Å². The Bertz CT molecular complexity index is 211. The second-order valence-electron chi connectivity index (χ2n) is 3.41. The minimum Gasteiger partial charge on any atom is -0.364 e. The van der Waals surface area contributed by atoms with E-state index < -0.39 is 0 Å². The molecule has 0 bridgehead atoms. The highest BCUT2D eigenvalue weighted by atomic mass is 14.8. The van der Waals surface area contributed by atoms with Crippen LogP contribution in [-0.4, -0.2) is 4.98 Å². The summed E-state index contributed by atoms with van der Waals surface area (Å²) in [6, 6.07) is 4.30. The SMILES string of the molecule is N[C@@H](CC1CC1)c1ccc[nH]1. The van der Waals surface area contributed by atoms with Crippen molar-refractivity contribution in [3.8, 4) is 0 Å². The Morgan fingerprint density at radius 1 is 1.64 bits per heavy atom. The fourth-order valence-electron chi connectivity index (χ4n) is 1.41. The van der Waals surface area contributed by atoms with Gasteiger partial charge >= 0.3 is 0 Å². The lowest BCUT2D eigenvalue weighted by Crippen LogP contribution is -2.10. The number of H-pyrrole nitrogens is 1. The van der Waals surface area contributed by atoms with Crippen molar-refractivity contribution in [1.82, 2.24) is 4.98 Å². The van der Waals surface area contributed by atoms with Crippen molar-refractivity contribution < 1.29 is 0 Å². The molecule has 3 N–H and O–H groups in total. The molecule has 11 heavy (non-hydrogen) atoms. The summed E-state index contributed by atoms with van der Waals surface area (Å²) in [6.45, 7) is 0. The topological polar surface area (TPSA) is 41.8 Å². The van der Waals surface area contributed by atoms with E-state index in [0.29, 0.717) is 0 Å². The van der Waals surface area contributed by atoms with Crippen LogP contribution in [0.15, 0.2) is 18.3 Å². The van der Waals surface area contributed by atoms with E-state index >= 15 is 0 Å². The van der Waals surface area contributed by atoms with Crippen molar-refractivity contribution in [3.05, 3.63) is 24.0 Å². The maximum absolute atomic E-state index is 5.95. The quantitative estimate of drug-likeness (QED) is 0.678. The Labute approximate surface area is 66.8 Å². The van der Waals surface area contributed by atoms with Crippen LogP contribution in [0.25, 0.3) is 0 Å². The summed E-state index contributed by atoms with van der Waals surface area (Å²) in [7, 11) is 0. The zero-order valence-electron chi connectivity index (χ0n) is 6.59. The maximum atomic E-state index is 5.95. The van der Waals surface area contributed by atoms with Gasteiger partial charge in [-0.05, 0) is 24.5 Å². The van der Waals surface area contributed by atoms with E-state index in [4.69, 9.17) is 5.73 Å². The van der Waals surface area contributed by atoms with E-state index in [1.54, 1.807) is 0 Å². The average Bonchev–Trinajstić information content (AvgIpc) is 2.67. The molecular weight excluding hydrogens is 136 g/mol. The molecule has 0 aliphatic heterocycles. The average molecular weight is 150 g/mol. The molecule has 0 aromatic carbocycles. The Kier molecular flexibility index (Phi) is 1.70. The fraction of sp³-hybridized carbons (Fsp3) is 0.556. The van der Waals surface area contributed by atoms with Gasteiger partial charge < -0.3 is 10.7 Å². The van der Waals surface area contributed by atoms with E-state index in [0.717, 1.165) is 12.3 Å². The van der Waals surface area contributed by atoms with Gasteiger partial charge in [-0.2, -0.15) is 0 Å². The van der Waals surface area contributed by atoms with Crippen LogP contribution < -0.4 is 5.73 Å². The van der Waals surface area contributed by atoms with E-state index in [1.807, 2.05) is 12.3 Å². The molecule has 2 nitrogen and oxygen atoms in total. The Balaban J connectivity index is 1.93. The van der Waals surface area contributed by atoms with Gasteiger partial charge in [0.2, 0.25) is 0 Å². The third-order valence-electron chi connectivity index (χ3n) is 2.31. The van der Waals surface area contributed by atoms with Crippen molar-refractivity contribution in [2.75, 3.05) is 0 Å². The first-order chi connectivity index (χ1) is 5.36. The van der Waals surface area contributed by atoms with Gasteiger partial charge in [0.05, 0.1) is 0 Å². The molecule has 0 saturated heterocycles. The van der Waals surface area contributed by atoms with Gasteiger partial charge in [0.1, 0.15) is 0 Å². The summed E-state index contributed by atoms with van der Waals surface area (Å²) in [5, 5.41) is 0. The summed E-state index contributed by atoms with van der Waals surface area (Å²) >= 11 is 0. The number of nitrogens with two attached hydrogens (primary N) is 1. The normalized spacial score (nSPS) is 20.1. The van der Waals surface area contributed by atoms with Crippen LogP contribution in [0.4, 0.5) is 0 Å². The van der Waals surface area contributed by atoms with Gasteiger partial charge in [0.15, 0.2) is 0 Å². The summed E-state index contributed by atoms with van der Waals surface area (Å²) in [5.41, 5.74) is 7.13. The molecular formula is C9H14N2. The molecule has 0 amide bonds. The van der Waals surface area contributed by atoms with E-state index in [2.05, 4.69) is 11.1 Å². The molecule has 0 unspecified atom stereocenters. The van der Waals surface area contributed by atoms with Crippen LogP contribution >= 0.6 is 0 Å². The van der Waals surface area contributed by atoms with Crippen LogP contribution in [0.2, 0.25) is 0 Å². The van der Waals surface area contributed by atoms with Crippen LogP contribution in [0.5, 0.6) is 0 Å². The first-order valence-electron chi connectivity index (χ1n) is 4.25. The first kappa shape index (κ1) is 6.92. The second kappa shape index (κ2) is 2.70. The Morgan fingerprint density at radius 3 is 3.00 bits per heavy atom. The molecule has 2 rings (SSSR count). The smallest absolute Gasteiger partial charge is 0.0450 e. The molecule has 1 fully saturated rings. The van der Waals surface area contributed by atoms with Crippen LogP contribution in [-0.2, 0) is 0 Å². The Hall–Kier alpha value is -0.760. The first-order valence-corrected chi connectivity index (χ1v) is 4.25. The monoisotopic (exact) mass is 150 g/mol. The van der Waals surface area contributed by atoms with Crippen LogP contribution in [0.1, 0.15) is 31.0 Å². The molecule has 1 aromatic heterocycles. The highest BCUT2D eigenvalue weighted by Crippen LogP contribution is 2.36. The predicted molar refractivity (Wildman–Crippen MR) is 45.1 cm³/mol.